The average Bonchev–Trinajstić information content (AvgIpc) is 2.52. The van der Waals surface area contributed by atoms with Gasteiger partial charge in [0.25, 0.3) is 0 Å². The summed E-state index contributed by atoms with van der Waals surface area (Å²) in [5, 5.41) is 3.20. The molecule has 0 aromatic heterocycles. The summed E-state index contributed by atoms with van der Waals surface area (Å²) in [7, 11) is 1.94. The Morgan fingerprint density at radius 3 is 2.59 bits per heavy atom. The van der Waals surface area contributed by atoms with Gasteiger partial charge in [0, 0.05) is 13.1 Å². The van der Waals surface area contributed by atoms with Crippen LogP contribution in [0.3, 0.4) is 0 Å². The Morgan fingerprint density at radius 1 is 1.32 bits per heavy atom. The van der Waals surface area contributed by atoms with Crippen molar-refractivity contribution in [3.63, 3.8) is 0 Å². The first kappa shape index (κ1) is 16.9. The summed E-state index contributed by atoms with van der Waals surface area (Å²) in [5.74, 6) is 0.730. The van der Waals surface area contributed by atoms with Crippen molar-refractivity contribution in [2.75, 3.05) is 7.05 Å². The van der Waals surface area contributed by atoms with Gasteiger partial charge < -0.3 is 10.2 Å². The predicted octanol–water partition coefficient (Wildman–Crippen LogP) is 4.67. The molecule has 2 rings (SSSR count). The van der Waals surface area contributed by atoms with Crippen molar-refractivity contribution in [3.8, 4) is 0 Å². The minimum absolute atomic E-state index is 0.0616. The summed E-state index contributed by atoms with van der Waals surface area (Å²) in [4.78, 5) is 14.5. The smallest absolute Gasteiger partial charge is 0.317 e. The molecular formula is C19H30N2O. The zero-order valence-corrected chi connectivity index (χ0v) is 14.4. The van der Waals surface area contributed by atoms with Crippen LogP contribution in [0, 0.1) is 12.8 Å². The second-order valence-corrected chi connectivity index (χ2v) is 6.86. The van der Waals surface area contributed by atoms with Crippen LogP contribution in [0.4, 0.5) is 4.79 Å². The van der Waals surface area contributed by atoms with Crippen LogP contribution in [-0.4, -0.2) is 24.0 Å². The number of hydrogen-bond acceptors (Lipinski definition) is 1. The van der Waals surface area contributed by atoms with Crippen LogP contribution >= 0.6 is 0 Å². The first-order chi connectivity index (χ1) is 10.5. The van der Waals surface area contributed by atoms with Gasteiger partial charge in [-0.15, -0.1) is 0 Å². The van der Waals surface area contributed by atoms with E-state index in [9.17, 15) is 4.79 Å². The lowest BCUT2D eigenvalue weighted by Crippen LogP contribution is -2.46. The third-order valence-electron chi connectivity index (χ3n) is 4.96. The highest BCUT2D eigenvalue weighted by Gasteiger charge is 2.26. The van der Waals surface area contributed by atoms with Gasteiger partial charge in [-0.1, -0.05) is 56.5 Å². The molecule has 0 bridgehead atoms. The van der Waals surface area contributed by atoms with E-state index in [0.29, 0.717) is 6.04 Å². The van der Waals surface area contributed by atoms with E-state index in [0.717, 1.165) is 25.2 Å². The SMILES string of the molecule is CCC(NC(=O)N(C)C1CCCC(C)C1)c1ccc(C)cc1. The van der Waals surface area contributed by atoms with Crippen LogP contribution in [0.5, 0.6) is 0 Å². The quantitative estimate of drug-likeness (QED) is 0.861. The van der Waals surface area contributed by atoms with Crippen molar-refractivity contribution in [1.29, 1.82) is 0 Å². The number of benzene rings is 1. The maximum absolute atomic E-state index is 12.6. The Kier molecular flexibility index (Phi) is 5.87. The van der Waals surface area contributed by atoms with Gasteiger partial charge >= 0.3 is 6.03 Å². The molecule has 0 spiro atoms. The highest BCUT2D eigenvalue weighted by molar-refractivity contribution is 5.74. The van der Waals surface area contributed by atoms with Gasteiger partial charge in [0.1, 0.15) is 0 Å². The predicted molar refractivity (Wildman–Crippen MR) is 91.9 cm³/mol. The van der Waals surface area contributed by atoms with E-state index in [2.05, 4.69) is 50.4 Å². The van der Waals surface area contributed by atoms with Gasteiger partial charge in [-0.05, 0) is 37.7 Å². The normalized spacial score (nSPS) is 22.9. The van der Waals surface area contributed by atoms with Crippen LogP contribution in [0.2, 0.25) is 0 Å². The minimum Gasteiger partial charge on any atom is -0.331 e. The molecule has 3 heteroatoms. The highest BCUT2D eigenvalue weighted by Crippen LogP contribution is 2.27. The lowest BCUT2D eigenvalue weighted by Gasteiger charge is -2.35. The molecule has 1 fully saturated rings. The van der Waals surface area contributed by atoms with Crippen molar-refractivity contribution in [1.82, 2.24) is 10.2 Å². The summed E-state index contributed by atoms with van der Waals surface area (Å²) in [6.07, 6.45) is 5.70. The molecule has 0 radical (unpaired) electrons. The van der Waals surface area contributed by atoms with Gasteiger partial charge in [0.05, 0.1) is 6.04 Å². The second kappa shape index (κ2) is 7.66. The molecule has 0 saturated heterocycles. The molecule has 1 aromatic carbocycles. The maximum atomic E-state index is 12.6. The van der Waals surface area contributed by atoms with E-state index >= 15 is 0 Å². The number of carbonyl (C=O) groups excluding carboxylic acids is 1. The molecule has 3 nitrogen and oxygen atoms in total. The molecule has 122 valence electrons. The number of nitrogens with one attached hydrogen (secondary N) is 1. The minimum atomic E-state index is 0.0616. The Hall–Kier alpha value is -1.51. The molecule has 2 amide bonds. The van der Waals surface area contributed by atoms with Crippen molar-refractivity contribution in [2.45, 2.75) is 65.0 Å². The summed E-state index contributed by atoms with van der Waals surface area (Å²) in [6.45, 7) is 6.49. The highest BCUT2D eigenvalue weighted by atomic mass is 16.2. The largest absolute Gasteiger partial charge is 0.331 e. The van der Waals surface area contributed by atoms with Crippen LogP contribution in [0.1, 0.15) is 63.1 Å². The van der Waals surface area contributed by atoms with Gasteiger partial charge in [0.2, 0.25) is 0 Å². The van der Waals surface area contributed by atoms with Gasteiger partial charge in [0.15, 0.2) is 0 Å². The van der Waals surface area contributed by atoms with Crippen LogP contribution in [0.15, 0.2) is 24.3 Å². The first-order valence-corrected chi connectivity index (χ1v) is 8.61. The van der Waals surface area contributed by atoms with E-state index in [-0.39, 0.29) is 12.1 Å². The molecule has 1 aromatic rings. The standard InChI is InChI=1S/C19H30N2O/c1-5-18(16-11-9-14(2)10-12-16)20-19(22)21(4)17-8-6-7-15(3)13-17/h9-12,15,17-18H,5-8,13H2,1-4H3,(H,20,22). The number of hydrogen-bond donors (Lipinski definition) is 1. The van der Waals surface area contributed by atoms with E-state index < -0.39 is 0 Å². The molecule has 3 atom stereocenters. The van der Waals surface area contributed by atoms with Gasteiger partial charge in [-0.2, -0.15) is 0 Å². The number of aryl methyl sites for hydroxylation is 1. The van der Waals surface area contributed by atoms with Crippen molar-refractivity contribution in [2.24, 2.45) is 5.92 Å². The summed E-state index contributed by atoms with van der Waals surface area (Å²) in [5.41, 5.74) is 2.44. The molecule has 1 aliphatic carbocycles. The fraction of sp³-hybridized carbons (Fsp3) is 0.632. The lowest BCUT2D eigenvalue weighted by atomic mass is 9.86. The molecule has 0 aliphatic heterocycles. The number of urea groups is 1. The average molecular weight is 302 g/mol. The number of nitrogens with zero attached hydrogens (tertiary/aromatic N) is 1. The maximum Gasteiger partial charge on any atom is 0.317 e. The van der Waals surface area contributed by atoms with E-state index in [1.165, 1.54) is 24.0 Å². The van der Waals surface area contributed by atoms with E-state index in [1.54, 1.807) is 0 Å². The summed E-state index contributed by atoms with van der Waals surface area (Å²) < 4.78 is 0. The van der Waals surface area contributed by atoms with Crippen molar-refractivity contribution < 1.29 is 4.79 Å². The van der Waals surface area contributed by atoms with Crippen LogP contribution in [-0.2, 0) is 0 Å². The third kappa shape index (κ3) is 4.25. The van der Waals surface area contributed by atoms with E-state index in [4.69, 9.17) is 0 Å². The second-order valence-electron chi connectivity index (χ2n) is 6.86. The molecule has 1 N–H and O–H groups in total. The lowest BCUT2D eigenvalue weighted by molar-refractivity contribution is 0.157. The molecule has 1 saturated carbocycles. The third-order valence-corrected chi connectivity index (χ3v) is 4.96. The Bertz CT molecular complexity index is 483. The van der Waals surface area contributed by atoms with Crippen LogP contribution in [0.25, 0.3) is 0 Å². The number of carbonyl (C=O) groups is 1. The molecule has 3 unspecified atom stereocenters. The summed E-state index contributed by atoms with van der Waals surface area (Å²) >= 11 is 0. The zero-order chi connectivity index (χ0) is 16.1. The van der Waals surface area contributed by atoms with Gasteiger partial charge in [-0.25, -0.2) is 4.79 Å². The van der Waals surface area contributed by atoms with Crippen molar-refractivity contribution in [3.05, 3.63) is 35.4 Å². The Balaban J connectivity index is 1.97. The molecule has 0 heterocycles. The molecular weight excluding hydrogens is 272 g/mol. The van der Waals surface area contributed by atoms with E-state index in [1.807, 2.05) is 11.9 Å². The van der Waals surface area contributed by atoms with Gasteiger partial charge in [-0.3, -0.25) is 0 Å². The van der Waals surface area contributed by atoms with Crippen LogP contribution < -0.4 is 5.32 Å². The number of rotatable bonds is 4. The number of amides is 2. The fourth-order valence-corrected chi connectivity index (χ4v) is 3.39. The molecule has 22 heavy (non-hydrogen) atoms. The monoisotopic (exact) mass is 302 g/mol. The zero-order valence-electron chi connectivity index (χ0n) is 14.4. The first-order valence-electron chi connectivity index (χ1n) is 8.61. The Labute approximate surface area is 135 Å². The fourth-order valence-electron chi connectivity index (χ4n) is 3.39. The molecule has 1 aliphatic rings. The topological polar surface area (TPSA) is 32.3 Å². The van der Waals surface area contributed by atoms with Crippen molar-refractivity contribution >= 4 is 6.03 Å². The summed E-state index contributed by atoms with van der Waals surface area (Å²) in [6, 6.07) is 8.99. The Morgan fingerprint density at radius 2 is 2.00 bits per heavy atom.